The summed E-state index contributed by atoms with van der Waals surface area (Å²) in [6.07, 6.45) is -0.705. The lowest BCUT2D eigenvalue weighted by atomic mass is 10.1. The van der Waals surface area contributed by atoms with Gasteiger partial charge in [0.2, 0.25) is 0 Å². The predicted molar refractivity (Wildman–Crippen MR) is 58.1 cm³/mol. The van der Waals surface area contributed by atoms with Crippen LogP contribution in [0.2, 0.25) is 0 Å². The van der Waals surface area contributed by atoms with Crippen molar-refractivity contribution in [2.24, 2.45) is 5.92 Å². The van der Waals surface area contributed by atoms with Gasteiger partial charge in [0.15, 0.2) is 0 Å². The zero-order chi connectivity index (χ0) is 12.2. The van der Waals surface area contributed by atoms with Crippen molar-refractivity contribution in [3.05, 3.63) is 0 Å². The molecule has 0 saturated heterocycles. The Bertz CT molecular complexity index is 248. The maximum atomic E-state index is 11.3. The third-order valence-corrected chi connectivity index (χ3v) is 1.60. The molecule has 2 N–H and O–H groups in total. The van der Waals surface area contributed by atoms with Crippen molar-refractivity contribution in [3.8, 4) is 0 Å². The molecule has 0 saturated carbocycles. The maximum Gasteiger partial charge on any atom is 0.408 e. The summed E-state index contributed by atoms with van der Waals surface area (Å²) in [7, 11) is 0. The molecule has 0 bridgehead atoms. The van der Waals surface area contributed by atoms with Gasteiger partial charge in [0.1, 0.15) is 11.6 Å². The van der Waals surface area contributed by atoms with E-state index in [1.165, 1.54) is 0 Å². The van der Waals surface area contributed by atoms with Crippen LogP contribution >= 0.6 is 0 Å². The third kappa shape index (κ3) is 7.03. The second-order valence-electron chi connectivity index (χ2n) is 4.71. The highest BCUT2D eigenvalue weighted by atomic mass is 19.0. The molecule has 96 valence electrons. The van der Waals surface area contributed by atoms with Crippen LogP contribution in [0.4, 0.5) is 9.50 Å². The normalized spacial score (nSPS) is 12.6. The number of ether oxygens (including phenoxy) is 1. The predicted octanol–water partition coefficient (Wildman–Crippen LogP) is 1.77. The average Bonchev–Trinajstić information content (AvgIpc) is 1.95. The van der Waals surface area contributed by atoms with Crippen molar-refractivity contribution in [1.29, 1.82) is 0 Å². The standard InChI is InChI=1S/C10H19NO4.FH/c1-6(2)7(8(12)13)11-9(14)15-10(3,4)5;/h6-7H,1-5H3,(H,11,14)(H,12,13);1H. The SMILES string of the molecule is CC(C)C(NC(=O)OC(C)(C)C)C(=O)O.F. The summed E-state index contributed by atoms with van der Waals surface area (Å²) in [6, 6.07) is -0.917. The van der Waals surface area contributed by atoms with Crippen molar-refractivity contribution in [2.75, 3.05) is 0 Å². The average molecular weight is 237 g/mol. The smallest absolute Gasteiger partial charge is 0.408 e. The number of hydrogen-bond donors (Lipinski definition) is 2. The van der Waals surface area contributed by atoms with Crippen molar-refractivity contribution in [2.45, 2.75) is 46.3 Å². The quantitative estimate of drug-likeness (QED) is 0.784. The van der Waals surface area contributed by atoms with E-state index in [1.54, 1.807) is 34.6 Å². The van der Waals surface area contributed by atoms with Gasteiger partial charge in [0, 0.05) is 0 Å². The number of alkyl carbamates (subject to hydrolysis) is 1. The third-order valence-electron chi connectivity index (χ3n) is 1.60. The van der Waals surface area contributed by atoms with E-state index in [2.05, 4.69) is 5.32 Å². The highest BCUT2D eigenvalue weighted by Crippen LogP contribution is 2.08. The largest absolute Gasteiger partial charge is 0.480 e. The Hall–Kier alpha value is -1.33. The van der Waals surface area contributed by atoms with E-state index in [-0.39, 0.29) is 10.6 Å². The van der Waals surface area contributed by atoms with E-state index in [0.717, 1.165) is 0 Å². The van der Waals surface area contributed by atoms with Crippen LogP contribution < -0.4 is 5.32 Å². The highest BCUT2D eigenvalue weighted by Gasteiger charge is 2.26. The van der Waals surface area contributed by atoms with Crippen LogP contribution in [0, 0.1) is 5.92 Å². The molecule has 0 fully saturated rings. The zero-order valence-electron chi connectivity index (χ0n) is 10.2. The van der Waals surface area contributed by atoms with Gasteiger partial charge in [0.25, 0.3) is 0 Å². The molecule has 0 radical (unpaired) electrons. The summed E-state index contributed by atoms with van der Waals surface area (Å²) < 4.78 is 4.96. The summed E-state index contributed by atoms with van der Waals surface area (Å²) in [5.41, 5.74) is -0.621. The van der Waals surface area contributed by atoms with Crippen LogP contribution in [0.1, 0.15) is 34.6 Å². The van der Waals surface area contributed by atoms with Gasteiger partial charge < -0.3 is 15.2 Å². The minimum atomic E-state index is -1.06. The number of carboxylic acids is 1. The molecule has 0 spiro atoms. The van der Waals surface area contributed by atoms with Gasteiger partial charge >= 0.3 is 12.1 Å². The number of halogens is 1. The molecular formula is C10H20FNO4. The number of rotatable bonds is 3. The van der Waals surface area contributed by atoms with Gasteiger partial charge in [-0.2, -0.15) is 0 Å². The van der Waals surface area contributed by atoms with E-state index in [0.29, 0.717) is 0 Å². The van der Waals surface area contributed by atoms with Crippen molar-refractivity contribution >= 4 is 12.1 Å². The van der Waals surface area contributed by atoms with E-state index >= 15 is 0 Å². The number of carbonyl (C=O) groups excluding carboxylic acids is 1. The van der Waals surface area contributed by atoms with Crippen LogP contribution in [-0.4, -0.2) is 28.8 Å². The first-order valence-corrected chi connectivity index (χ1v) is 4.86. The number of carboxylic acid groups (broad SMARTS) is 1. The lowest BCUT2D eigenvalue weighted by Crippen LogP contribution is -2.46. The Labute approximate surface area is 94.5 Å². The first-order valence-electron chi connectivity index (χ1n) is 4.86. The Morgan fingerprint density at radius 3 is 1.94 bits per heavy atom. The summed E-state index contributed by atoms with van der Waals surface area (Å²) in [4.78, 5) is 22.1. The number of hydrogen-bond acceptors (Lipinski definition) is 3. The number of aliphatic carboxylic acids is 1. The number of nitrogens with one attached hydrogen (secondary N) is 1. The molecule has 16 heavy (non-hydrogen) atoms. The fraction of sp³-hybridized carbons (Fsp3) is 0.800. The molecule has 1 unspecified atom stereocenters. The van der Waals surface area contributed by atoms with Crippen LogP contribution in [0.5, 0.6) is 0 Å². The molecule has 0 rings (SSSR count). The summed E-state index contributed by atoms with van der Waals surface area (Å²) >= 11 is 0. The molecule has 1 amide bonds. The second kappa shape index (κ2) is 6.30. The van der Waals surface area contributed by atoms with Crippen LogP contribution in [-0.2, 0) is 9.53 Å². The van der Waals surface area contributed by atoms with Crippen molar-refractivity contribution in [3.63, 3.8) is 0 Å². The van der Waals surface area contributed by atoms with E-state index in [9.17, 15) is 9.59 Å². The van der Waals surface area contributed by atoms with Gasteiger partial charge in [-0.05, 0) is 26.7 Å². The molecule has 5 nitrogen and oxygen atoms in total. The molecule has 0 aromatic rings. The van der Waals surface area contributed by atoms with Gasteiger partial charge in [-0.15, -0.1) is 0 Å². The molecular weight excluding hydrogens is 217 g/mol. The topological polar surface area (TPSA) is 75.6 Å². The minimum Gasteiger partial charge on any atom is -0.480 e. The first kappa shape index (κ1) is 17.1. The Kier molecular flexibility index (Phi) is 6.72. The molecule has 0 aliphatic heterocycles. The molecule has 0 heterocycles. The molecule has 0 aromatic heterocycles. The molecule has 0 aliphatic rings. The number of amides is 1. The monoisotopic (exact) mass is 237 g/mol. The fourth-order valence-corrected chi connectivity index (χ4v) is 0.948. The van der Waals surface area contributed by atoms with E-state index in [1.807, 2.05) is 0 Å². The second-order valence-corrected chi connectivity index (χ2v) is 4.71. The lowest BCUT2D eigenvalue weighted by Gasteiger charge is -2.23. The zero-order valence-corrected chi connectivity index (χ0v) is 10.2. The van der Waals surface area contributed by atoms with Crippen LogP contribution in [0.3, 0.4) is 0 Å². The maximum absolute atomic E-state index is 11.3. The van der Waals surface area contributed by atoms with Gasteiger partial charge in [-0.25, -0.2) is 9.59 Å². The minimum absolute atomic E-state index is 0. The Morgan fingerprint density at radius 1 is 1.25 bits per heavy atom. The van der Waals surface area contributed by atoms with Crippen molar-refractivity contribution < 1.29 is 24.1 Å². The molecule has 1 atom stereocenters. The summed E-state index contributed by atoms with van der Waals surface area (Å²) in [6.45, 7) is 8.60. The molecule has 6 heteroatoms. The first-order chi connectivity index (χ1) is 6.63. The van der Waals surface area contributed by atoms with Crippen LogP contribution in [0.25, 0.3) is 0 Å². The van der Waals surface area contributed by atoms with Crippen LogP contribution in [0.15, 0.2) is 0 Å². The lowest BCUT2D eigenvalue weighted by molar-refractivity contribution is -0.140. The van der Waals surface area contributed by atoms with Gasteiger partial charge in [-0.3, -0.25) is 4.70 Å². The highest BCUT2D eigenvalue weighted by molar-refractivity contribution is 5.80. The summed E-state index contributed by atoms with van der Waals surface area (Å²) in [5, 5.41) is 11.1. The fourth-order valence-electron chi connectivity index (χ4n) is 0.948. The Balaban J connectivity index is 0. The Morgan fingerprint density at radius 2 is 1.69 bits per heavy atom. The van der Waals surface area contributed by atoms with Crippen molar-refractivity contribution in [1.82, 2.24) is 5.32 Å². The summed E-state index contributed by atoms with van der Waals surface area (Å²) in [5.74, 6) is -1.24. The molecule has 0 aliphatic carbocycles. The van der Waals surface area contributed by atoms with E-state index in [4.69, 9.17) is 9.84 Å². The van der Waals surface area contributed by atoms with Gasteiger partial charge in [0.05, 0.1) is 0 Å². The van der Waals surface area contributed by atoms with Gasteiger partial charge in [-0.1, -0.05) is 13.8 Å². The molecule has 0 aromatic carbocycles. The van der Waals surface area contributed by atoms with E-state index < -0.39 is 23.7 Å². The number of carbonyl (C=O) groups is 2.